The van der Waals surface area contributed by atoms with E-state index in [1.54, 1.807) is 75.1 Å². The Morgan fingerprint density at radius 1 is 0.667 bits per heavy atom. The van der Waals surface area contributed by atoms with Gasteiger partial charge in [0, 0.05) is 12.1 Å². The third-order valence-electron chi connectivity index (χ3n) is 3.82. The average molecular weight is 386 g/mol. The van der Waals surface area contributed by atoms with Crippen LogP contribution in [0.25, 0.3) is 0 Å². The second-order valence-electron chi connectivity index (χ2n) is 5.76. The highest BCUT2D eigenvalue weighted by atomic mass is 31.2. The van der Waals surface area contributed by atoms with Crippen molar-refractivity contribution in [1.82, 2.24) is 0 Å². The molecule has 0 spiro atoms. The molecule has 0 aliphatic rings. The molecule has 0 radical (unpaired) electrons. The summed E-state index contributed by atoms with van der Waals surface area (Å²) in [5.41, 5.74) is 1.03. The van der Waals surface area contributed by atoms with Crippen LogP contribution >= 0.6 is 7.75 Å². The summed E-state index contributed by atoms with van der Waals surface area (Å²) in [4.78, 5) is 0. The fraction of sp³-hybridized carbons (Fsp3) is 0.150. The Kier molecular flexibility index (Phi) is 5.67. The zero-order chi connectivity index (χ0) is 19.3. The van der Waals surface area contributed by atoms with Crippen molar-refractivity contribution in [2.45, 2.75) is 6.92 Å². The van der Waals surface area contributed by atoms with E-state index in [0.717, 1.165) is 5.56 Å². The van der Waals surface area contributed by atoms with Crippen LogP contribution in [-0.2, 0) is 4.57 Å². The molecule has 0 unspecified atom stereocenters. The quantitative estimate of drug-likeness (QED) is 0.563. The third kappa shape index (κ3) is 4.60. The minimum Gasteiger partial charge on any atom is -0.497 e. The van der Waals surface area contributed by atoms with Crippen LogP contribution in [0.5, 0.6) is 23.0 Å². The molecule has 1 aromatic heterocycles. The van der Waals surface area contributed by atoms with E-state index in [9.17, 15) is 4.57 Å². The summed E-state index contributed by atoms with van der Waals surface area (Å²) < 4.78 is 36.9. The van der Waals surface area contributed by atoms with Crippen molar-refractivity contribution in [3.05, 3.63) is 78.6 Å². The number of pyridine rings is 1. The molecule has 0 bridgehead atoms. The van der Waals surface area contributed by atoms with Crippen LogP contribution in [0.4, 0.5) is 0 Å². The van der Waals surface area contributed by atoms with Crippen LogP contribution in [0.2, 0.25) is 0 Å². The maximum atomic E-state index is 13.6. The molecule has 140 valence electrons. The second-order valence-corrected chi connectivity index (χ2v) is 7.52. The number of rotatable bonds is 7. The van der Waals surface area contributed by atoms with Crippen molar-refractivity contribution in [3.8, 4) is 23.0 Å². The first-order valence-electron chi connectivity index (χ1n) is 8.28. The van der Waals surface area contributed by atoms with Gasteiger partial charge in [-0.3, -0.25) is 0 Å². The highest BCUT2D eigenvalue weighted by Gasteiger charge is 2.42. The summed E-state index contributed by atoms with van der Waals surface area (Å²) in [6.45, 7) is 1.95. The van der Waals surface area contributed by atoms with Crippen LogP contribution in [0.1, 0.15) is 5.56 Å². The molecule has 27 heavy (non-hydrogen) atoms. The standard InChI is InChI=1S/C20H21NO5P/c1-16-12-14-21(15-13-16)27(22,25-19-8-4-17(23-2)5-9-19)26-20-10-6-18(24-3)7-11-20/h4-15H,1-3H3/q+1. The molecule has 0 saturated heterocycles. The lowest BCUT2D eigenvalue weighted by molar-refractivity contribution is -0.536. The highest BCUT2D eigenvalue weighted by Crippen LogP contribution is 2.44. The summed E-state index contributed by atoms with van der Waals surface area (Å²) >= 11 is 0. The van der Waals surface area contributed by atoms with Crippen LogP contribution in [0.15, 0.2) is 73.1 Å². The Balaban J connectivity index is 1.93. The molecule has 0 aliphatic carbocycles. The normalized spacial score (nSPS) is 10.9. The minimum absolute atomic E-state index is 0.403. The van der Waals surface area contributed by atoms with Crippen LogP contribution in [0, 0.1) is 6.92 Å². The van der Waals surface area contributed by atoms with E-state index in [-0.39, 0.29) is 0 Å². The molecule has 0 N–H and O–H groups in total. The summed E-state index contributed by atoms with van der Waals surface area (Å²) in [5, 5.41) is 0. The van der Waals surface area contributed by atoms with Gasteiger partial charge in [0.2, 0.25) is 0 Å². The lowest BCUT2D eigenvalue weighted by atomic mass is 10.3. The SMILES string of the molecule is COc1ccc(OP(=O)(Oc2ccc(OC)cc2)[n+]2ccc(C)cc2)cc1. The Morgan fingerprint density at radius 3 is 1.41 bits per heavy atom. The van der Waals surface area contributed by atoms with Gasteiger partial charge in [0.05, 0.1) is 14.2 Å². The van der Waals surface area contributed by atoms with Crippen LogP contribution in [-0.4, -0.2) is 14.2 Å². The molecule has 2 aromatic carbocycles. The molecule has 0 atom stereocenters. The van der Waals surface area contributed by atoms with E-state index < -0.39 is 7.75 Å². The molecule has 3 aromatic rings. The van der Waals surface area contributed by atoms with E-state index in [2.05, 4.69) is 0 Å². The van der Waals surface area contributed by atoms with Crippen molar-refractivity contribution in [3.63, 3.8) is 0 Å². The van der Waals surface area contributed by atoms with Gasteiger partial charge in [0.15, 0.2) is 12.4 Å². The zero-order valence-corrected chi connectivity index (χ0v) is 16.3. The fourth-order valence-corrected chi connectivity index (χ4v) is 3.77. The average Bonchev–Trinajstić information content (AvgIpc) is 2.69. The van der Waals surface area contributed by atoms with Crippen LogP contribution in [0.3, 0.4) is 0 Å². The van der Waals surface area contributed by atoms with Gasteiger partial charge in [-0.1, -0.05) is 4.34 Å². The van der Waals surface area contributed by atoms with Crippen molar-refractivity contribution in [1.29, 1.82) is 0 Å². The Labute approximate surface area is 158 Å². The van der Waals surface area contributed by atoms with Crippen molar-refractivity contribution in [2.75, 3.05) is 14.2 Å². The molecule has 6 nitrogen and oxygen atoms in total. The Bertz CT molecular complexity index is 871. The maximum absolute atomic E-state index is 13.6. The molecule has 1 heterocycles. The van der Waals surface area contributed by atoms with Gasteiger partial charge in [-0.2, -0.15) is 4.57 Å². The Morgan fingerprint density at radius 2 is 1.04 bits per heavy atom. The molecular formula is C20H21NO5P+. The monoisotopic (exact) mass is 386 g/mol. The molecule has 0 saturated carbocycles. The van der Waals surface area contributed by atoms with Crippen molar-refractivity contribution in [2.24, 2.45) is 0 Å². The highest BCUT2D eigenvalue weighted by molar-refractivity contribution is 7.47. The van der Waals surface area contributed by atoms with Gasteiger partial charge in [0.1, 0.15) is 23.0 Å². The second kappa shape index (κ2) is 8.14. The van der Waals surface area contributed by atoms with Gasteiger partial charge >= 0.3 is 7.75 Å². The number of aromatic nitrogens is 1. The van der Waals surface area contributed by atoms with Gasteiger partial charge < -0.3 is 18.5 Å². The number of methoxy groups -OCH3 is 2. The van der Waals surface area contributed by atoms with E-state index >= 15 is 0 Å². The predicted molar refractivity (Wildman–Crippen MR) is 102 cm³/mol. The molecule has 7 heteroatoms. The summed E-state index contributed by atoms with van der Waals surface area (Å²) in [6.07, 6.45) is 3.34. The number of ether oxygens (including phenoxy) is 2. The molecule has 0 amide bonds. The predicted octanol–water partition coefficient (Wildman–Crippen LogP) is 4.41. The van der Waals surface area contributed by atoms with E-state index in [0.29, 0.717) is 23.0 Å². The largest absolute Gasteiger partial charge is 0.728 e. The number of nitrogens with zero attached hydrogens (tertiary/aromatic N) is 1. The lowest BCUT2D eigenvalue weighted by Crippen LogP contribution is -2.35. The first kappa shape index (κ1) is 18.8. The smallest absolute Gasteiger partial charge is 0.497 e. The van der Waals surface area contributed by atoms with Crippen LogP contribution < -0.4 is 22.9 Å². The molecule has 3 rings (SSSR count). The molecule has 0 fully saturated rings. The van der Waals surface area contributed by atoms with Gasteiger partial charge in [-0.15, -0.1) is 0 Å². The summed E-state index contributed by atoms with van der Waals surface area (Å²) in [7, 11) is -0.589. The third-order valence-corrected chi connectivity index (χ3v) is 5.54. The van der Waals surface area contributed by atoms with Crippen molar-refractivity contribution < 1.29 is 27.4 Å². The first-order chi connectivity index (χ1) is 13.0. The van der Waals surface area contributed by atoms with Gasteiger partial charge in [-0.25, -0.2) is 0 Å². The van der Waals surface area contributed by atoms with Crippen molar-refractivity contribution >= 4 is 7.75 Å². The fourth-order valence-electron chi connectivity index (χ4n) is 2.31. The lowest BCUT2D eigenvalue weighted by Gasteiger charge is -2.14. The maximum Gasteiger partial charge on any atom is 0.728 e. The van der Waals surface area contributed by atoms with Gasteiger partial charge in [-0.05, 0) is 61.0 Å². The Hall–Kier alpha value is -2.98. The zero-order valence-electron chi connectivity index (χ0n) is 15.4. The van der Waals surface area contributed by atoms with E-state index in [1.807, 2.05) is 19.1 Å². The van der Waals surface area contributed by atoms with E-state index in [1.165, 1.54) is 4.34 Å². The minimum atomic E-state index is -3.75. The first-order valence-corrected chi connectivity index (χ1v) is 9.78. The molecular weight excluding hydrogens is 365 g/mol. The van der Waals surface area contributed by atoms with Gasteiger partial charge in [0.25, 0.3) is 0 Å². The summed E-state index contributed by atoms with van der Waals surface area (Å²) in [6, 6.07) is 17.3. The molecule has 0 aliphatic heterocycles. The number of aryl methyl sites for hydroxylation is 1. The number of benzene rings is 2. The van der Waals surface area contributed by atoms with E-state index in [4.69, 9.17) is 18.5 Å². The number of hydrogen-bond acceptors (Lipinski definition) is 5. The topological polar surface area (TPSA) is 57.9 Å². The number of hydrogen-bond donors (Lipinski definition) is 0. The summed E-state index contributed by atoms with van der Waals surface area (Å²) in [5.74, 6) is 2.16.